The molecular formula is C29H38OSi2. The minimum absolute atomic E-state index is 0.560. The topological polar surface area (TPSA) is 9.23 Å². The van der Waals surface area contributed by atoms with Gasteiger partial charge < -0.3 is 4.74 Å². The van der Waals surface area contributed by atoms with Crippen molar-refractivity contribution in [3.05, 3.63) is 89.5 Å². The van der Waals surface area contributed by atoms with Gasteiger partial charge in [0.25, 0.3) is 0 Å². The van der Waals surface area contributed by atoms with E-state index < -0.39 is 16.9 Å². The van der Waals surface area contributed by atoms with Gasteiger partial charge in [0.1, 0.15) is 8.07 Å². The molecule has 1 aliphatic heterocycles. The smallest absolute Gasteiger partial charge is 0.148 e. The van der Waals surface area contributed by atoms with Crippen LogP contribution in [0.25, 0.3) is 0 Å². The minimum Gasteiger partial charge on any atom is -0.382 e. The molecule has 2 unspecified atom stereocenters. The third-order valence-electron chi connectivity index (χ3n) is 7.46. The molecule has 1 fully saturated rings. The lowest BCUT2D eigenvalue weighted by Gasteiger charge is -2.36. The van der Waals surface area contributed by atoms with Crippen molar-refractivity contribution in [3.8, 4) is 0 Å². The van der Waals surface area contributed by atoms with Gasteiger partial charge in [0, 0.05) is 12.3 Å². The van der Waals surface area contributed by atoms with Crippen LogP contribution in [0.3, 0.4) is 0 Å². The highest BCUT2D eigenvalue weighted by Crippen LogP contribution is 2.23. The molecule has 3 heteroatoms. The molecule has 0 N–H and O–H groups in total. The number of ether oxygens (including phenoxy) is 1. The van der Waals surface area contributed by atoms with Crippen molar-refractivity contribution in [1.29, 1.82) is 0 Å². The zero-order chi connectivity index (χ0) is 22.6. The number of aryl methyl sites for hydroxylation is 3. The van der Waals surface area contributed by atoms with E-state index in [1.165, 1.54) is 48.0 Å². The highest BCUT2D eigenvalue weighted by Gasteiger charge is 2.40. The van der Waals surface area contributed by atoms with Gasteiger partial charge in [-0.25, -0.2) is 0 Å². The highest BCUT2D eigenvalue weighted by atomic mass is 28.3. The van der Waals surface area contributed by atoms with Gasteiger partial charge in [-0.3, -0.25) is 0 Å². The van der Waals surface area contributed by atoms with Crippen LogP contribution < -0.4 is 15.6 Å². The summed E-state index contributed by atoms with van der Waals surface area (Å²) in [5.41, 5.74) is 4.57. The number of hydrogen-bond donors (Lipinski definition) is 0. The molecule has 0 spiro atoms. The van der Waals surface area contributed by atoms with Crippen molar-refractivity contribution in [2.45, 2.75) is 64.4 Å². The van der Waals surface area contributed by atoms with Crippen molar-refractivity contribution in [2.75, 3.05) is 6.61 Å². The van der Waals surface area contributed by atoms with Gasteiger partial charge in [-0.1, -0.05) is 102 Å². The molecule has 3 aromatic carbocycles. The van der Waals surface area contributed by atoms with E-state index in [0.717, 1.165) is 6.61 Å². The zero-order valence-corrected chi connectivity index (χ0v) is 22.4. The van der Waals surface area contributed by atoms with E-state index in [-0.39, 0.29) is 0 Å². The molecule has 1 heterocycles. The summed E-state index contributed by atoms with van der Waals surface area (Å²) in [6, 6.07) is 31.0. The first-order valence-electron chi connectivity index (χ1n) is 12.3. The van der Waals surface area contributed by atoms with Crippen LogP contribution >= 0.6 is 0 Å². The molecule has 32 heavy (non-hydrogen) atoms. The summed E-state index contributed by atoms with van der Waals surface area (Å²) in [4.78, 5) is 0. The van der Waals surface area contributed by atoms with Crippen LogP contribution in [0.15, 0.2) is 72.8 Å². The molecule has 0 amide bonds. The van der Waals surface area contributed by atoms with E-state index in [0.29, 0.717) is 5.73 Å². The van der Waals surface area contributed by atoms with Gasteiger partial charge in [-0.15, -0.1) is 0 Å². The second kappa shape index (κ2) is 10.3. The normalized spacial score (nSPS) is 17.8. The monoisotopic (exact) mass is 458 g/mol. The SMILES string of the molecule is Cc1ccc([Si](CC[SiH](C)C2CCCCO2)(c2ccc(C)cc2)c2ccc(C)cc2)cc1. The Kier molecular flexibility index (Phi) is 7.49. The van der Waals surface area contributed by atoms with Crippen molar-refractivity contribution >= 4 is 32.4 Å². The van der Waals surface area contributed by atoms with Crippen LogP contribution in [0.4, 0.5) is 0 Å². The summed E-state index contributed by atoms with van der Waals surface area (Å²) in [6.45, 7) is 10.1. The summed E-state index contributed by atoms with van der Waals surface area (Å²) in [5, 5.41) is 4.63. The van der Waals surface area contributed by atoms with Crippen molar-refractivity contribution in [1.82, 2.24) is 0 Å². The Labute approximate surface area is 197 Å². The molecule has 3 aromatic rings. The fraction of sp³-hybridized carbons (Fsp3) is 0.379. The molecule has 0 aromatic heterocycles. The molecule has 4 rings (SSSR count). The first kappa shape index (κ1) is 23.2. The Morgan fingerprint density at radius 2 is 1.16 bits per heavy atom. The molecule has 0 radical (unpaired) electrons. The van der Waals surface area contributed by atoms with Crippen LogP contribution in [-0.2, 0) is 4.74 Å². The number of hydrogen-bond acceptors (Lipinski definition) is 1. The highest BCUT2D eigenvalue weighted by molar-refractivity contribution is 7.11. The van der Waals surface area contributed by atoms with Crippen LogP contribution in [0.1, 0.15) is 36.0 Å². The zero-order valence-electron chi connectivity index (χ0n) is 20.2. The Morgan fingerprint density at radius 1 is 0.719 bits per heavy atom. The molecule has 168 valence electrons. The van der Waals surface area contributed by atoms with E-state index >= 15 is 0 Å². The van der Waals surface area contributed by atoms with E-state index in [1.807, 2.05) is 0 Å². The second-order valence-corrected chi connectivity index (χ2v) is 17.2. The molecule has 0 saturated carbocycles. The molecular weight excluding hydrogens is 420 g/mol. The van der Waals surface area contributed by atoms with Gasteiger partial charge in [-0.2, -0.15) is 0 Å². The summed E-state index contributed by atoms with van der Waals surface area (Å²) < 4.78 is 6.25. The van der Waals surface area contributed by atoms with Crippen molar-refractivity contribution in [2.24, 2.45) is 0 Å². The lowest BCUT2D eigenvalue weighted by Crippen LogP contribution is -2.67. The fourth-order valence-electron chi connectivity index (χ4n) is 5.29. The third-order valence-corrected chi connectivity index (χ3v) is 16.0. The van der Waals surface area contributed by atoms with Crippen molar-refractivity contribution in [3.63, 3.8) is 0 Å². The minimum atomic E-state index is -2.14. The van der Waals surface area contributed by atoms with Crippen LogP contribution in [0.2, 0.25) is 18.6 Å². The predicted molar refractivity (Wildman–Crippen MR) is 144 cm³/mol. The first-order chi connectivity index (χ1) is 15.5. The quantitative estimate of drug-likeness (QED) is 0.356. The van der Waals surface area contributed by atoms with E-state index in [4.69, 9.17) is 4.74 Å². The van der Waals surface area contributed by atoms with E-state index in [9.17, 15) is 0 Å². The molecule has 0 bridgehead atoms. The third kappa shape index (κ3) is 5.00. The van der Waals surface area contributed by atoms with Gasteiger partial charge in [0.15, 0.2) is 0 Å². The maximum Gasteiger partial charge on any atom is 0.148 e. The number of benzene rings is 3. The predicted octanol–water partition coefficient (Wildman–Crippen LogP) is 5.05. The maximum atomic E-state index is 6.25. The summed E-state index contributed by atoms with van der Waals surface area (Å²) in [6.07, 6.45) is 3.87. The Balaban J connectivity index is 1.80. The maximum absolute atomic E-state index is 6.25. The van der Waals surface area contributed by atoms with Crippen molar-refractivity contribution < 1.29 is 4.74 Å². The summed E-state index contributed by atoms with van der Waals surface area (Å²) in [5.74, 6) is 0. The lowest BCUT2D eigenvalue weighted by atomic mass is 10.2. The average Bonchev–Trinajstić information content (AvgIpc) is 2.82. The molecule has 2 atom stereocenters. The molecule has 1 aliphatic rings. The largest absolute Gasteiger partial charge is 0.382 e. The molecule has 0 aliphatic carbocycles. The van der Waals surface area contributed by atoms with Gasteiger partial charge in [0.05, 0.1) is 8.80 Å². The standard InChI is InChI=1S/C29H38OSi2/c1-23-8-14-26(15-9-23)32(27-16-10-24(2)11-17-27,28-18-12-25(3)13-19-28)22-21-31(4)29-7-5-6-20-30-29/h8-19,29,31H,5-7,20-22H2,1-4H3. The van der Waals surface area contributed by atoms with Crippen LogP contribution in [0, 0.1) is 20.8 Å². The molecule has 1 nitrogen and oxygen atoms in total. The second-order valence-electron chi connectivity index (χ2n) is 9.92. The van der Waals surface area contributed by atoms with E-state index in [2.05, 4.69) is 100 Å². The Hall–Kier alpha value is -1.95. The molecule has 1 saturated heterocycles. The summed E-state index contributed by atoms with van der Waals surface area (Å²) >= 11 is 0. The number of rotatable bonds is 7. The van der Waals surface area contributed by atoms with Crippen LogP contribution in [0.5, 0.6) is 0 Å². The lowest BCUT2D eigenvalue weighted by molar-refractivity contribution is 0.0627. The Morgan fingerprint density at radius 3 is 1.53 bits per heavy atom. The van der Waals surface area contributed by atoms with Gasteiger partial charge in [-0.05, 0) is 61.6 Å². The van der Waals surface area contributed by atoms with E-state index in [1.54, 1.807) is 15.6 Å². The fourth-order valence-corrected chi connectivity index (χ4v) is 14.6. The van der Waals surface area contributed by atoms with Gasteiger partial charge >= 0.3 is 0 Å². The Bertz CT molecular complexity index is 876. The van der Waals surface area contributed by atoms with Gasteiger partial charge in [0.2, 0.25) is 0 Å². The summed E-state index contributed by atoms with van der Waals surface area (Å²) in [7, 11) is -3.11. The van der Waals surface area contributed by atoms with Crippen LogP contribution in [-0.4, -0.2) is 29.2 Å². The first-order valence-corrected chi connectivity index (χ1v) is 17.2. The average molecular weight is 459 g/mol.